The summed E-state index contributed by atoms with van der Waals surface area (Å²) in [5, 5.41) is 2.69. The van der Waals surface area contributed by atoms with Crippen molar-refractivity contribution >= 4 is 23.3 Å². The highest BCUT2D eigenvalue weighted by Crippen LogP contribution is 2.20. The fraction of sp³-hybridized carbons (Fsp3) is 0.160. The zero-order valence-electron chi connectivity index (χ0n) is 18.5. The van der Waals surface area contributed by atoms with Crippen LogP contribution in [0.2, 0.25) is 0 Å². The van der Waals surface area contributed by atoms with Crippen molar-refractivity contribution in [2.45, 2.75) is 0 Å². The fourth-order valence-electron chi connectivity index (χ4n) is 2.92. The van der Waals surface area contributed by atoms with Crippen LogP contribution in [0.4, 0.5) is 10.1 Å². The molecule has 34 heavy (non-hydrogen) atoms. The number of carbonyl (C=O) groups is 3. The molecule has 9 heteroatoms. The van der Waals surface area contributed by atoms with Gasteiger partial charge in [-0.05, 0) is 54.6 Å². The predicted octanol–water partition coefficient (Wildman–Crippen LogP) is 3.90. The second kappa shape index (κ2) is 11.5. The number of esters is 1. The summed E-state index contributed by atoms with van der Waals surface area (Å²) in [4.78, 5) is 36.6. The van der Waals surface area contributed by atoms with Gasteiger partial charge >= 0.3 is 5.97 Å². The van der Waals surface area contributed by atoms with Crippen LogP contribution in [0.1, 0.15) is 20.7 Å². The number of ether oxygens (including phenoxy) is 4. The Morgan fingerprint density at radius 2 is 1.62 bits per heavy atom. The molecule has 0 aliphatic carbocycles. The van der Waals surface area contributed by atoms with E-state index in [9.17, 15) is 18.8 Å². The monoisotopic (exact) mass is 467 g/mol. The molecule has 0 bridgehead atoms. The zero-order valence-corrected chi connectivity index (χ0v) is 18.5. The molecule has 3 aromatic rings. The molecular weight excluding hydrogens is 445 g/mol. The SMILES string of the molecule is COc1cccc(NC(=O)COc2ccc(C(=O)OCC(=O)c3cc(F)ccc3OC)cc2)c1. The van der Waals surface area contributed by atoms with Crippen LogP contribution in [0.15, 0.2) is 66.7 Å². The summed E-state index contributed by atoms with van der Waals surface area (Å²) in [5.41, 5.74) is 0.718. The first-order chi connectivity index (χ1) is 16.4. The van der Waals surface area contributed by atoms with Crippen LogP contribution in [-0.4, -0.2) is 45.1 Å². The summed E-state index contributed by atoms with van der Waals surface area (Å²) >= 11 is 0. The standard InChI is InChI=1S/C25H22FNO7/c1-31-20-5-3-4-18(13-20)27-24(29)15-33-19-9-6-16(7-10-19)25(30)34-14-22(28)21-12-17(26)8-11-23(21)32-2/h3-13H,14-15H2,1-2H3,(H,27,29). The number of halogens is 1. The molecule has 3 rings (SSSR count). The first-order valence-corrected chi connectivity index (χ1v) is 10.1. The van der Waals surface area contributed by atoms with E-state index in [1.165, 1.54) is 44.6 Å². The van der Waals surface area contributed by atoms with E-state index in [-0.39, 0.29) is 29.4 Å². The highest BCUT2D eigenvalue weighted by Gasteiger charge is 2.17. The molecule has 176 valence electrons. The molecule has 3 aromatic carbocycles. The van der Waals surface area contributed by atoms with Crippen LogP contribution in [0.3, 0.4) is 0 Å². The van der Waals surface area contributed by atoms with Crippen molar-refractivity contribution in [3.63, 3.8) is 0 Å². The third-order valence-electron chi connectivity index (χ3n) is 4.61. The fourth-order valence-corrected chi connectivity index (χ4v) is 2.92. The summed E-state index contributed by atoms with van der Waals surface area (Å²) in [5.74, 6) is -1.18. The van der Waals surface area contributed by atoms with Crippen molar-refractivity contribution in [2.24, 2.45) is 0 Å². The largest absolute Gasteiger partial charge is 0.497 e. The van der Waals surface area contributed by atoms with Gasteiger partial charge in [-0.25, -0.2) is 9.18 Å². The maximum atomic E-state index is 13.4. The minimum absolute atomic E-state index is 0.0220. The average molecular weight is 467 g/mol. The van der Waals surface area contributed by atoms with Crippen molar-refractivity contribution in [3.05, 3.63) is 83.7 Å². The zero-order chi connectivity index (χ0) is 24.5. The Hall–Kier alpha value is -4.40. The third kappa shape index (κ3) is 6.55. The number of ketones is 1. The molecule has 0 atom stereocenters. The number of nitrogens with one attached hydrogen (secondary N) is 1. The van der Waals surface area contributed by atoms with Crippen LogP contribution >= 0.6 is 0 Å². The quantitative estimate of drug-likeness (QED) is 0.357. The maximum Gasteiger partial charge on any atom is 0.338 e. The average Bonchev–Trinajstić information content (AvgIpc) is 2.86. The Kier molecular flexibility index (Phi) is 8.17. The van der Waals surface area contributed by atoms with Crippen molar-refractivity contribution in [1.82, 2.24) is 0 Å². The van der Waals surface area contributed by atoms with E-state index in [2.05, 4.69) is 5.32 Å². The van der Waals surface area contributed by atoms with Crippen LogP contribution in [-0.2, 0) is 9.53 Å². The highest BCUT2D eigenvalue weighted by molar-refractivity contribution is 6.01. The smallest absolute Gasteiger partial charge is 0.338 e. The van der Waals surface area contributed by atoms with E-state index in [0.717, 1.165) is 12.1 Å². The number of hydrogen-bond acceptors (Lipinski definition) is 7. The van der Waals surface area contributed by atoms with Crippen molar-refractivity contribution in [1.29, 1.82) is 0 Å². The molecule has 0 aliphatic rings. The van der Waals surface area contributed by atoms with Gasteiger partial charge in [-0.1, -0.05) is 6.07 Å². The van der Waals surface area contributed by atoms with Gasteiger partial charge in [0.05, 0.1) is 25.3 Å². The molecule has 0 heterocycles. The van der Waals surface area contributed by atoms with Gasteiger partial charge in [0.1, 0.15) is 23.1 Å². The first-order valence-electron chi connectivity index (χ1n) is 10.1. The van der Waals surface area contributed by atoms with Gasteiger partial charge in [0.25, 0.3) is 5.91 Å². The van der Waals surface area contributed by atoms with Crippen LogP contribution in [0.25, 0.3) is 0 Å². The first kappa shape index (κ1) is 24.2. The van der Waals surface area contributed by atoms with Gasteiger partial charge in [0.2, 0.25) is 5.78 Å². The lowest BCUT2D eigenvalue weighted by Crippen LogP contribution is -2.20. The topological polar surface area (TPSA) is 100 Å². The molecule has 0 aromatic heterocycles. The van der Waals surface area contributed by atoms with Gasteiger partial charge in [0.15, 0.2) is 13.2 Å². The van der Waals surface area contributed by atoms with E-state index < -0.39 is 24.2 Å². The van der Waals surface area contributed by atoms with Crippen LogP contribution in [0.5, 0.6) is 17.2 Å². The molecule has 8 nitrogen and oxygen atoms in total. The molecule has 1 amide bonds. The lowest BCUT2D eigenvalue weighted by Gasteiger charge is -2.10. The summed E-state index contributed by atoms with van der Waals surface area (Å²) < 4.78 is 34.0. The Balaban J connectivity index is 1.50. The van der Waals surface area contributed by atoms with Crippen molar-refractivity contribution in [2.75, 3.05) is 32.8 Å². The van der Waals surface area contributed by atoms with Crippen LogP contribution < -0.4 is 19.5 Å². The van der Waals surface area contributed by atoms with Gasteiger partial charge in [-0.15, -0.1) is 0 Å². The number of anilines is 1. The molecule has 0 saturated heterocycles. The number of hydrogen-bond donors (Lipinski definition) is 1. The van der Waals surface area contributed by atoms with E-state index in [4.69, 9.17) is 18.9 Å². The molecule has 0 radical (unpaired) electrons. The van der Waals surface area contributed by atoms with Crippen molar-refractivity contribution < 1.29 is 37.7 Å². The van der Waals surface area contributed by atoms with Crippen molar-refractivity contribution in [3.8, 4) is 17.2 Å². The Bertz CT molecular complexity index is 1180. The number of benzene rings is 3. The summed E-state index contributed by atoms with van der Waals surface area (Å²) in [6, 6.07) is 16.3. The van der Waals surface area contributed by atoms with E-state index in [1.807, 2.05) is 0 Å². The second-order valence-electron chi connectivity index (χ2n) is 6.94. The number of amides is 1. The maximum absolute atomic E-state index is 13.4. The molecule has 0 fully saturated rings. The van der Waals surface area contributed by atoms with E-state index >= 15 is 0 Å². The number of carbonyl (C=O) groups excluding carboxylic acids is 3. The predicted molar refractivity (Wildman–Crippen MR) is 121 cm³/mol. The Morgan fingerprint density at radius 3 is 2.32 bits per heavy atom. The molecule has 0 aliphatic heterocycles. The minimum Gasteiger partial charge on any atom is -0.497 e. The molecule has 0 spiro atoms. The number of Topliss-reactive ketones (excluding diaryl/α,β-unsaturated/α-hetero) is 1. The molecular formula is C25H22FNO7. The molecule has 0 saturated carbocycles. The summed E-state index contributed by atoms with van der Waals surface area (Å²) in [6.07, 6.45) is 0. The third-order valence-corrected chi connectivity index (χ3v) is 4.61. The number of rotatable bonds is 10. The molecule has 1 N–H and O–H groups in total. The van der Waals surface area contributed by atoms with Crippen LogP contribution in [0, 0.1) is 5.82 Å². The van der Waals surface area contributed by atoms with Gasteiger partial charge in [0, 0.05) is 11.8 Å². The van der Waals surface area contributed by atoms with Gasteiger partial charge in [-0.3, -0.25) is 9.59 Å². The lowest BCUT2D eigenvalue weighted by molar-refractivity contribution is -0.118. The number of methoxy groups -OCH3 is 2. The Labute approximate surface area is 195 Å². The summed E-state index contributed by atoms with van der Waals surface area (Å²) in [6.45, 7) is -0.827. The van der Waals surface area contributed by atoms with E-state index in [0.29, 0.717) is 17.2 Å². The molecule has 0 unspecified atom stereocenters. The Morgan fingerprint density at radius 1 is 0.853 bits per heavy atom. The summed E-state index contributed by atoms with van der Waals surface area (Å²) in [7, 11) is 2.88. The highest BCUT2D eigenvalue weighted by atomic mass is 19.1. The minimum atomic E-state index is -0.744. The van der Waals surface area contributed by atoms with Gasteiger partial charge in [-0.2, -0.15) is 0 Å². The normalized spacial score (nSPS) is 10.2. The lowest BCUT2D eigenvalue weighted by atomic mass is 10.1. The second-order valence-corrected chi connectivity index (χ2v) is 6.94. The van der Waals surface area contributed by atoms with Gasteiger partial charge < -0.3 is 24.3 Å². The van der Waals surface area contributed by atoms with E-state index in [1.54, 1.807) is 24.3 Å².